The number of carbonyl (C=O) groups excluding carboxylic acids is 3. The van der Waals surface area contributed by atoms with E-state index in [9.17, 15) is 22.8 Å². The van der Waals surface area contributed by atoms with E-state index in [-0.39, 0.29) is 23.8 Å². The molecular formula is C26H27N3O5S2. The number of rotatable bonds is 8. The van der Waals surface area contributed by atoms with Crippen molar-refractivity contribution in [3.05, 3.63) is 76.5 Å². The molecule has 4 rings (SSSR count). The fourth-order valence-electron chi connectivity index (χ4n) is 4.09. The lowest BCUT2D eigenvalue weighted by atomic mass is 10.0. The van der Waals surface area contributed by atoms with Crippen molar-refractivity contribution in [1.29, 1.82) is 0 Å². The van der Waals surface area contributed by atoms with Crippen molar-refractivity contribution in [2.45, 2.75) is 50.6 Å². The molecule has 0 spiro atoms. The zero-order valence-electron chi connectivity index (χ0n) is 20.2. The van der Waals surface area contributed by atoms with Gasteiger partial charge in [-0.25, -0.2) is 13.3 Å². The summed E-state index contributed by atoms with van der Waals surface area (Å²) >= 11 is 1.37. The van der Waals surface area contributed by atoms with Gasteiger partial charge in [-0.2, -0.15) is 4.31 Å². The van der Waals surface area contributed by atoms with Gasteiger partial charge in [-0.1, -0.05) is 32.0 Å². The van der Waals surface area contributed by atoms with Crippen LogP contribution in [0.5, 0.6) is 0 Å². The van der Waals surface area contributed by atoms with Crippen LogP contribution in [0.1, 0.15) is 43.6 Å². The summed E-state index contributed by atoms with van der Waals surface area (Å²) in [5.41, 5.74) is 1.94. The van der Waals surface area contributed by atoms with E-state index in [1.807, 2.05) is 31.4 Å². The van der Waals surface area contributed by atoms with Crippen molar-refractivity contribution >= 4 is 50.5 Å². The average molecular weight is 526 g/mol. The predicted molar refractivity (Wildman–Crippen MR) is 139 cm³/mol. The number of hydrogen-bond donors (Lipinski definition) is 1. The molecule has 1 saturated heterocycles. The van der Waals surface area contributed by atoms with Crippen LogP contribution < -0.4 is 10.2 Å². The first kappa shape index (κ1) is 25.7. The fourth-order valence-corrected chi connectivity index (χ4v) is 6.43. The number of sulfonamides is 1. The molecule has 0 bridgehead atoms. The second kappa shape index (κ2) is 10.3. The van der Waals surface area contributed by atoms with Crippen LogP contribution in [0.2, 0.25) is 0 Å². The maximum atomic E-state index is 13.8. The van der Waals surface area contributed by atoms with Crippen LogP contribution in [0.3, 0.4) is 0 Å². The summed E-state index contributed by atoms with van der Waals surface area (Å²) in [4.78, 5) is 39.6. The van der Waals surface area contributed by atoms with Crippen LogP contribution in [0.4, 0.5) is 11.4 Å². The van der Waals surface area contributed by atoms with Gasteiger partial charge >= 0.3 is 0 Å². The van der Waals surface area contributed by atoms with Crippen LogP contribution >= 0.6 is 11.3 Å². The molecule has 10 heteroatoms. The smallest absolute Gasteiger partial charge is 0.252 e. The van der Waals surface area contributed by atoms with Crippen LogP contribution in [0.15, 0.2) is 70.9 Å². The molecule has 1 unspecified atom stereocenters. The summed E-state index contributed by atoms with van der Waals surface area (Å²) in [6.07, 6.45) is -0.251. The van der Waals surface area contributed by atoms with E-state index in [1.54, 1.807) is 24.3 Å². The van der Waals surface area contributed by atoms with Crippen molar-refractivity contribution in [2.75, 3.05) is 10.2 Å². The van der Waals surface area contributed by atoms with Crippen molar-refractivity contribution in [2.24, 2.45) is 0 Å². The quantitative estimate of drug-likeness (QED) is 0.440. The van der Waals surface area contributed by atoms with Crippen LogP contribution in [0.25, 0.3) is 0 Å². The van der Waals surface area contributed by atoms with E-state index in [2.05, 4.69) is 5.32 Å². The zero-order valence-corrected chi connectivity index (χ0v) is 21.8. The Morgan fingerprint density at radius 3 is 2.31 bits per heavy atom. The lowest BCUT2D eigenvalue weighted by molar-refractivity contribution is -0.122. The molecule has 0 radical (unpaired) electrons. The number of carbonyl (C=O) groups is 3. The van der Waals surface area contributed by atoms with E-state index < -0.39 is 27.9 Å². The van der Waals surface area contributed by atoms with Gasteiger partial charge in [0.15, 0.2) is 0 Å². The number of imide groups is 1. The third kappa shape index (κ3) is 5.25. The van der Waals surface area contributed by atoms with E-state index in [0.717, 1.165) is 19.6 Å². The Morgan fingerprint density at radius 2 is 1.75 bits per heavy atom. The number of hydrogen-bond acceptors (Lipinski definition) is 6. The molecule has 1 aromatic heterocycles. The minimum absolute atomic E-state index is 0.0341. The summed E-state index contributed by atoms with van der Waals surface area (Å²) in [5, 5.41) is 4.43. The minimum atomic E-state index is -4.16. The largest absolute Gasteiger partial charge is 0.326 e. The number of thiophene rings is 1. The molecule has 2 heterocycles. The van der Waals surface area contributed by atoms with Crippen LogP contribution in [-0.4, -0.2) is 36.5 Å². The van der Waals surface area contributed by atoms with Gasteiger partial charge in [0.05, 0.1) is 17.0 Å². The molecule has 8 nitrogen and oxygen atoms in total. The lowest BCUT2D eigenvalue weighted by Crippen LogP contribution is -2.44. The van der Waals surface area contributed by atoms with Crippen molar-refractivity contribution in [1.82, 2.24) is 4.31 Å². The Hall–Kier alpha value is -3.34. The normalized spacial score (nSPS) is 16.2. The molecule has 0 saturated carbocycles. The Bertz CT molecular complexity index is 1370. The first-order chi connectivity index (χ1) is 17.1. The summed E-state index contributed by atoms with van der Waals surface area (Å²) in [5.74, 6) is -1.01. The Labute approximate surface area is 214 Å². The average Bonchev–Trinajstić information content (AvgIpc) is 3.44. The summed E-state index contributed by atoms with van der Waals surface area (Å²) < 4.78 is 28.6. The fraction of sp³-hybridized carbons (Fsp3) is 0.269. The predicted octanol–water partition coefficient (Wildman–Crippen LogP) is 4.35. The van der Waals surface area contributed by atoms with Gasteiger partial charge in [0, 0.05) is 24.0 Å². The minimum Gasteiger partial charge on any atom is -0.326 e. The van der Waals surface area contributed by atoms with Gasteiger partial charge < -0.3 is 5.32 Å². The Kier molecular flexibility index (Phi) is 7.39. The summed E-state index contributed by atoms with van der Waals surface area (Å²) in [6.45, 7) is 5.41. The highest BCUT2D eigenvalue weighted by atomic mass is 32.2. The van der Waals surface area contributed by atoms with Gasteiger partial charge in [0.1, 0.15) is 6.04 Å². The Balaban J connectivity index is 1.68. The van der Waals surface area contributed by atoms with Crippen LogP contribution in [-0.2, 0) is 31.0 Å². The first-order valence-electron chi connectivity index (χ1n) is 11.5. The molecule has 188 valence electrons. The molecule has 1 atom stereocenters. The third-order valence-electron chi connectivity index (χ3n) is 5.96. The van der Waals surface area contributed by atoms with Crippen molar-refractivity contribution in [3.8, 4) is 0 Å². The highest BCUT2D eigenvalue weighted by molar-refractivity contribution is 7.89. The van der Waals surface area contributed by atoms with E-state index in [4.69, 9.17) is 0 Å². The number of nitrogens with zero attached hydrogens (tertiary/aromatic N) is 2. The maximum Gasteiger partial charge on any atom is 0.252 e. The molecular weight excluding hydrogens is 498 g/mol. The molecule has 3 amide bonds. The van der Waals surface area contributed by atoms with Crippen molar-refractivity contribution < 1.29 is 22.8 Å². The maximum absolute atomic E-state index is 13.8. The number of nitrogens with one attached hydrogen (secondary N) is 1. The van der Waals surface area contributed by atoms with E-state index >= 15 is 0 Å². The van der Waals surface area contributed by atoms with Gasteiger partial charge in [-0.15, -0.1) is 11.3 Å². The number of anilines is 2. The number of amides is 3. The van der Waals surface area contributed by atoms with Crippen molar-refractivity contribution in [3.63, 3.8) is 0 Å². The second-order valence-electron chi connectivity index (χ2n) is 8.87. The summed E-state index contributed by atoms with van der Waals surface area (Å²) in [7, 11) is -4.16. The topological polar surface area (TPSA) is 104 Å². The standard InChI is InChI=1S/C26H27N3O5S2/c1-17(2)19-6-10-21(11-7-19)29-25(31)15-24(26(29)32)28(16-22-5-4-14-35-22)36(33,34)23-12-8-20(9-13-23)27-18(3)30/h4-14,17,24H,15-16H2,1-3H3,(H,27,30). The summed E-state index contributed by atoms with van der Waals surface area (Å²) in [6, 6.07) is 15.3. The monoisotopic (exact) mass is 525 g/mol. The lowest BCUT2D eigenvalue weighted by Gasteiger charge is -2.26. The molecule has 0 aliphatic carbocycles. The van der Waals surface area contributed by atoms with Gasteiger partial charge in [0.25, 0.3) is 5.91 Å². The van der Waals surface area contributed by atoms with Gasteiger partial charge in [0.2, 0.25) is 21.8 Å². The van der Waals surface area contributed by atoms with Crippen LogP contribution in [0, 0.1) is 0 Å². The molecule has 36 heavy (non-hydrogen) atoms. The third-order valence-corrected chi connectivity index (χ3v) is 8.69. The molecule has 1 N–H and O–H groups in total. The second-order valence-corrected chi connectivity index (χ2v) is 11.8. The SMILES string of the molecule is CC(=O)Nc1ccc(S(=O)(=O)N(Cc2cccs2)C2CC(=O)N(c3ccc(C(C)C)cc3)C2=O)cc1. The molecule has 1 aliphatic rings. The van der Waals surface area contributed by atoms with Gasteiger partial charge in [-0.05, 0) is 59.3 Å². The molecule has 3 aromatic rings. The Morgan fingerprint density at radius 1 is 1.08 bits per heavy atom. The number of benzene rings is 2. The van der Waals surface area contributed by atoms with E-state index in [1.165, 1.54) is 42.5 Å². The highest BCUT2D eigenvalue weighted by Gasteiger charge is 2.47. The van der Waals surface area contributed by atoms with Gasteiger partial charge in [-0.3, -0.25) is 14.4 Å². The zero-order chi connectivity index (χ0) is 26.0. The molecule has 2 aromatic carbocycles. The van der Waals surface area contributed by atoms with E-state index in [0.29, 0.717) is 17.3 Å². The molecule has 1 aliphatic heterocycles. The molecule has 1 fully saturated rings. The highest BCUT2D eigenvalue weighted by Crippen LogP contribution is 2.32. The first-order valence-corrected chi connectivity index (χ1v) is 13.8.